The molecular formula is C17H30N2O2. The number of amides is 1. The highest BCUT2D eigenvalue weighted by atomic mass is 16.5. The fourth-order valence-corrected chi connectivity index (χ4v) is 4.29. The summed E-state index contributed by atoms with van der Waals surface area (Å²) in [6.07, 6.45) is 7.88. The molecule has 3 rings (SSSR count). The summed E-state index contributed by atoms with van der Waals surface area (Å²) in [5.41, 5.74) is 0. The largest absolute Gasteiger partial charge is 0.378 e. The van der Waals surface area contributed by atoms with E-state index in [0.29, 0.717) is 29.9 Å². The molecule has 1 amide bonds. The number of nitrogens with zero attached hydrogens (tertiary/aromatic N) is 1. The van der Waals surface area contributed by atoms with Gasteiger partial charge in [0.1, 0.15) is 0 Å². The molecule has 120 valence electrons. The molecule has 1 aliphatic heterocycles. The lowest BCUT2D eigenvalue weighted by Gasteiger charge is -2.44. The average Bonchev–Trinajstić information content (AvgIpc) is 3.01. The van der Waals surface area contributed by atoms with Gasteiger partial charge in [-0.25, -0.2) is 0 Å². The van der Waals surface area contributed by atoms with Crippen LogP contribution in [0.15, 0.2) is 0 Å². The first kappa shape index (κ1) is 15.3. The van der Waals surface area contributed by atoms with Crippen LogP contribution in [-0.4, -0.2) is 41.8 Å². The normalized spacial score (nSPS) is 37.5. The van der Waals surface area contributed by atoms with Crippen molar-refractivity contribution in [2.45, 2.75) is 83.6 Å². The van der Waals surface area contributed by atoms with Crippen LogP contribution >= 0.6 is 0 Å². The van der Waals surface area contributed by atoms with E-state index in [9.17, 15) is 4.79 Å². The topological polar surface area (TPSA) is 41.6 Å². The molecule has 2 atom stereocenters. The number of ether oxygens (including phenoxy) is 1. The number of nitrogens with one attached hydrogen (secondary N) is 1. The molecular weight excluding hydrogens is 264 g/mol. The maximum absolute atomic E-state index is 12.8. The summed E-state index contributed by atoms with van der Waals surface area (Å²) in [6.45, 7) is 7.12. The summed E-state index contributed by atoms with van der Waals surface area (Å²) in [5.74, 6) is 1.36. The van der Waals surface area contributed by atoms with Gasteiger partial charge in [0.25, 0.3) is 0 Å². The van der Waals surface area contributed by atoms with Crippen LogP contribution in [-0.2, 0) is 9.53 Å². The summed E-state index contributed by atoms with van der Waals surface area (Å²) in [5, 5.41) is 3.66. The summed E-state index contributed by atoms with van der Waals surface area (Å²) in [7, 11) is 0. The van der Waals surface area contributed by atoms with Gasteiger partial charge >= 0.3 is 0 Å². The highest BCUT2D eigenvalue weighted by molar-refractivity contribution is 5.85. The van der Waals surface area contributed by atoms with Crippen molar-refractivity contribution in [3.05, 3.63) is 0 Å². The molecule has 2 aliphatic carbocycles. The maximum Gasteiger partial charge on any atom is 0.241 e. The van der Waals surface area contributed by atoms with Crippen molar-refractivity contribution in [3.63, 3.8) is 0 Å². The molecule has 1 saturated heterocycles. The summed E-state index contributed by atoms with van der Waals surface area (Å²) in [4.78, 5) is 15.0. The molecule has 4 nitrogen and oxygen atoms in total. The first-order chi connectivity index (χ1) is 10.1. The molecule has 21 heavy (non-hydrogen) atoms. The lowest BCUT2D eigenvalue weighted by molar-refractivity contribution is -0.140. The predicted octanol–water partition coefficient (Wildman–Crippen LogP) is 2.53. The van der Waals surface area contributed by atoms with Crippen molar-refractivity contribution in [2.75, 3.05) is 6.61 Å². The lowest BCUT2D eigenvalue weighted by atomic mass is 9.86. The van der Waals surface area contributed by atoms with Gasteiger partial charge in [-0.2, -0.15) is 0 Å². The second-order valence-electron chi connectivity index (χ2n) is 7.33. The molecule has 0 aromatic heterocycles. The molecule has 1 heterocycles. The molecule has 3 aliphatic rings. The maximum atomic E-state index is 12.8. The quantitative estimate of drug-likeness (QED) is 0.847. The summed E-state index contributed by atoms with van der Waals surface area (Å²) in [6, 6.07) is 0.414. The Hall–Kier alpha value is -0.610. The van der Waals surface area contributed by atoms with Crippen molar-refractivity contribution >= 4 is 5.91 Å². The van der Waals surface area contributed by atoms with E-state index in [1.807, 2.05) is 6.92 Å². The summed E-state index contributed by atoms with van der Waals surface area (Å²) < 4.78 is 5.68. The van der Waals surface area contributed by atoms with Gasteiger partial charge in [-0.15, -0.1) is 0 Å². The van der Waals surface area contributed by atoms with Gasteiger partial charge in [0.2, 0.25) is 5.91 Å². The van der Waals surface area contributed by atoms with Crippen LogP contribution in [0.3, 0.4) is 0 Å². The van der Waals surface area contributed by atoms with Crippen LogP contribution in [0.4, 0.5) is 0 Å². The van der Waals surface area contributed by atoms with E-state index < -0.39 is 0 Å². The van der Waals surface area contributed by atoms with Crippen molar-refractivity contribution in [3.8, 4) is 0 Å². The molecule has 3 fully saturated rings. The smallest absolute Gasteiger partial charge is 0.241 e. The SMILES string of the molecule is CCOC1CC(N2C(=O)C(C(C)C)NC2C2CCCC2)C1. The minimum absolute atomic E-state index is 0.0155. The molecule has 0 aromatic carbocycles. The van der Waals surface area contributed by atoms with Crippen molar-refractivity contribution in [1.82, 2.24) is 10.2 Å². The minimum atomic E-state index is 0.0155. The van der Waals surface area contributed by atoms with Gasteiger partial charge in [0, 0.05) is 12.6 Å². The van der Waals surface area contributed by atoms with Gasteiger partial charge in [-0.3, -0.25) is 10.1 Å². The number of rotatable bonds is 5. The Morgan fingerprint density at radius 2 is 1.95 bits per heavy atom. The molecule has 0 bridgehead atoms. The van der Waals surface area contributed by atoms with Crippen molar-refractivity contribution in [2.24, 2.45) is 11.8 Å². The van der Waals surface area contributed by atoms with Crippen LogP contribution in [0.2, 0.25) is 0 Å². The third-order valence-electron chi connectivity index (χ3n) is 5.55. The van der Waals surface area contributed by atoms with E-state index in [0.717, 1.165) is 19.4 Å². The molecule has 4 heteroatoms. The Morgan fingerprint density at radius 3 is 2.52 bits per heavy atom. The fourth-order valence-electron chi connectivity index (χ4n) is 4.29. The third kappa shape index (κ3) is 2.85. The number of carbonyl (C=O) groups is 1. The Bertz CT molecular complexity index is 373. The van der Waals surface area contributed by atoms with E-state index in [2.05, 4.69) is 24.1 Å². The van der Waals surface area contributed by atoms with E-state index in [-0.39, 0.29) is 12.2 Å². The van der Waals surface area contributed by atoms with E-state index in [4.69, 9.17) is 4.74 Å². The molecule has 2 saturated carbocycles. The second-order valence-corrected chi connectivity index (χ2v) is 7.33. The zero-order valence-corrected chi connectivity index (χ0v) is 13.7. The van der Waals surface area contributed by atoms with Gasteiger partial charge < -0.3 is 9.64 Å². The number of carbonyl (C=O) groups excluding carboxylic acids is 1. The highest BCUT2D eigenvalue weighted by Gasteiger charge is 2.49. The molecule has 1 N–H and O–H groups in total. The monoisotopic (exact) mass is 294 g/mol. The van der Waals surface area contributed by atoms with Crippen LogP contribution < -0.4 is 5.32 Å². The molecule has 0 spiro atoms. The van der Waals surface area contributed by atoms with Crippen molar-refractivity contribution < 1.29 is 9.53 Å². The van der Waals surface area contributed by atoms with Gasteiger partial charge in [-0.05, 0) is 44.4 Å². The zero-order valence-electron chi connectivity index (χ0n) is 13.7. The zero-order chi connectivity index (χ0) is 15.0. The van der Waals surface area contributed by atoms with Gasteiger partial charge in [-0.1, -0.05) is 26.7 Å². The summed E-state index contributed by atoms with van der Waals surface area (Å²) >= 11 is 0. The number of hydrogen-bond acceptors (Lipinski definition) is 3. The molecule has 2 unspecified atom stereocenters. The Balaban J connectivity index is 1.69. The molecule has 0 aromatic rings. The Morgan fingerprint density at radius 1 is 1.29 bits per heavy atom. The van der Waals surface area contributed by atoms with E-state index >= 15 is 0 Å². The van der Waals surface area contributed by atoms with Crippen LogP contribution in [0.1, 0.15) is 59.3 Å². The predicted molar refractivity (Wildman–Crippen MR) is 82.8 cm³/mol. The molecule has 0 radical (unpaired) electrons. The highest BCUT2D eigenvalue weighted by Crippen LogP contribution is 2.38. The standard InChI is InChI=1S/C17H30N2O2/c1-4-21-14-9-13(10-14)19-16(12-7-5-6-8-12)18-15(11(2)3)17(19)20/h11-16,18H,4-10H2,1-3H3. The van der Waals surface area contributed by atoms with Crippen LogP contribution in [0.25, 0.3) is 0 Å². The van der Waals surface area contributed by atoms with Gasteiger partial charge in [0.15, 0.2) is 0 Å². The first-order valence-electron chi connectivity index (χ1n) is 8.81. The second kappa shape index (κ2) is 6.25. The van der Waals surface area contributed by atoms with Crippen molar-refractivity contribution in [1.29, 1.82) is 0 Å². The van der Waals surface area contributed by atoms with Crippen LogP contribution in [0.5, 0.6) is 0 Å². The lowest BCUT2D eigenvalue weighted by Crippen LogP contribution is -2.54. The first-order valence-corrected chi connectivity index (χ1v) is 8.81. The number of hydrogen-bond donors (Lipinski definition) is 1. The van der Waals surface area contributed by atoms with Gasteiger partial charge in [0.05, 0.1) is 18.3 Å². The Labute approximate surface area is 128 Å². The average molecular weight is 294 g/mol. The van der Waals surface area contributed by atoms with Crippen LogP contribution in [0, 0.1) is 11.8 Å². The minimum Gasteiger partial charge on any atom is -0.378 e. The van der Waals surface area contributed by atoms with E-state index in [1.54, 1.807) is 0 Å². The van der Waals surface area contributed by atoms with E-state index in [1.165, 1.54) is 25.7 Å². The third-order valence-corrected chi connectivity index (χ3v) is 5.55. The fraction of sp³-hybridized carbons (Fsp3) is 0.941. The Kier molecular flexibility index (Phi) is 4.55.